The van der Waals surface area contributed by atoms with Crippen molar-refractivity contribution in [2.45, 2.75) is 58.7 Å². The maximum Gasteiger partial charge on any atom is 0.573 e. The van der Waals surface area contributed by atoms with Crippen LogP contribution < -0.4 is 21.3 Å². The number of aromatic nitrogens is 3. The third-order valence-electron chi connectivity index (χ3n) is 6.85. The van der Waals surface area contributed by atoms with Crippen LogP contribution in [0.3, 0.4) is 0 Å². The van der Waals surface area contributed by atoms with Gasteiger partial charge in [0, 0.05) is 55.1 Å². The van der Waals surface area contributed by atoms with Crippen LogP contribution in [0.25, 0.3) is 21.8 Å². The zero-order chi connectivity index (χ0) is 35.4. The summed E-state index contributed by atoms with van der Waals surface area (Å²) < 4.78 is 50.4. The first-order valence-corrected chi connectivity index (χ1v) is 18.9. The van der Waals surface area contributed by atoms with Crippen LogP contribution in [0.5, 0.6) is 5.75 Å². The van der Waals surface area contributed by atoms with Gasteiger partial charge in [0.25, 0.3) is 5.56 Å². The lowest BCUT2D eigenvalue weighted by molar-refractivity contribution is -0.274. The molecule has 0 fully saturated rings. The maximum atomic E-state index is 13.4. The Morgan fingerprint density at radius 1 is 1.12 bits per heavy atom. The van der Waals surface area contributed by atoms with Gasteiger partial charge in [-0.3, -0.25) is 14.4 Å². The zero-order valence-corrected chi connectivity index (χ0v) is 29.9. The summed E-state index contributed by atoms with van der Waals surface area (Å²) in [4.78, 5) is 52.3. The third kappa shape index (κ3) is 9.72. The van der Waals surface area contributed by atoms with E-state index in [1.54, 1.807) is 49.6 Å². The Bertz CT molecular complexity index is 1910. The molecule has 0 aliphatic rings. The summed E-state index contributed by atoms with van der Waals surface area (Å²) in [6.45, 7) is 5.23. The summed E-state index contributed by atoms with van der Waals surface area (Å²) in [5, 5.41) is 8.26. The molecule has 2 aromatic carbocycles. The van der Waals surface area contributed by atoms with Gasteiger partial charge < -0.3 is 30.0 Å². The normalized spacial score (nSPS) is 12.2. The number of benzene rings is 2. The molecule has 12 nitrogen and oxygen atoms in total. The van der Waals surface area contributed by atoms with Gasteiger partial charge >= 0.3 is 12.5 Å². The molecule has 1 unspecified atom stereocenters. The summed E-state index contributed by atoms with van der Waals surface area (Å²) in [5.74, 6) is -1.61. The quantitative estimate of drug-likeness (QED) is 0.0993. The predicted molar refractivity (Wildman–Crippen MR) is 185 cm³/mol. The minimum atomic E-state index is -4.93. The van der Waals surface area contributed by atoms with Crippen LogP contribution in [0.2, 0.25) is 5.02 Å². The zero-order valence-electron chi connectivity index (χ0n) is 26.0. The van der Waals surface area contributed by atoms with E-state index in [0.717, 1.165) is 11.5 Å². The largest absolute Gasteiger partial charge is 0.573 e. The van der Waals surface area contributed by atoms with Crippen LogP contribution in [0.1, 0.15) is 49.5 Å². The van der Waals surface area contributed by atoms with Gasteiger partial charge in [-0.2, -0.15) is 5.10 Å². The Labute approximate surface area is 292 Å². The molecule has 48 heavy (non-hydrogen) atoms. The number of nitrogens with two attached hydrogens (primary N) is 1. The molecule has 3 amide bonds. The second kappa shape index (κ2) is 15.3. The number of amides is 3. The van der Waals surface area contributed by atoms with Crippen LogP contribution in [0.15, 0.2) is 47.4 Å². The number of hydrogen-bond donors (Lipinski definition) is 2. The van der Waals surface area contributed by atoms with E-state index in [4.69, 9.17) is 22.1 Å². The van der Waals surface area contributed by atoms with Gasteiger partial charge in [0.05, 0.1) is 16.9 Å². The highest BCUT2D eigenvalue weighted by atomic mass is 127. The average molecular weight is 823 g/mol. The Morgan fingerprint density at radius 2 is 1.85 bits per heavy atom. The molecule has 0 bridgehead atoms. The number of pyridine rings is 1. The first-order valence-electron chi connectivity index (χ1n) is 14.5. The number of fused-ring (bicyclic) bond motifs is 3. The smallest absolute Gasteiger partial charge is 0.444 e. The molecule has 2 heterocycles. The SMILES string of the molecule is CC(C)(C)OC(=O)N(CCC(=O)NCCCn1c(=O)c2nn(PI)cc2c2ccc(C(N)=O)cc21)Cc1ccc(OC(F)(F)F)c(Cl)c1. The minimum absolute atomic E-state index is 0.0735. The van der Waals surface area contributed by atoms with Gasteiger partial charge in [-0.15, -0.1) is 13.2 Å². The van der Waals surface area contributed by atoms with Crippen LogP contribution >= 0.6 is 40.0 Å². The topological polar surface area (TPSA) is 151 Å². The second-order valence-corrected chi connectivity index (χ2v) is 14.1. The average Bonchev–Trinajstić information content (AvgIpc) is 3.43. The molecule has 1 atom stereocenters. The molecule has 0 spiro atoms. The number of carbonyl (C=O) groups excluding carboxylic acids is 3. The summed E-state index contributed by atoms with van der Waals surface area (Å²) in [5.41, 5.74) is 5.73. The Kier molecular flexibility index (Phi) is 11.8. The van der Waals surface area contributed by atoms with Crippen molar-refractivity contribution >= 4 is 79.7 Å². The monoisotopic (exact) mass is 822 g/mol. The third-order valence-corrected chi connectivity index (χ3v) is 9.03. The van der Waals surface area contributed by atoms with Crippen molar-refractivity contribution in [3.05, 3.63) is 69.1 Å². The van der Waals surface area contributed by atoms with Crippen molar-refractivity contribution in [1.82, 2.24) is 24.3 Å². The number of rotatable bonds is 12. The van der Waals surface area contributed by atoms with Crippen molar-refractivity contribution in [3.8, 4) is 5.75 Å². The lowest BCUT2D eigenvalue weighted by Crippen LogP contribution is -2.39. The van der Waals surface area contributed by atoms with Crippen LogP contribution in [-0.2, 0) is 22.6 Å². The van der Waals surface area contributed by atoms with Crippen molar-refractivity contribution in [2.75, 3.05) is 13.1 Å². The lowest BCUT2D eigenvalue weighted by Gasteiger charge is -2.27. The van der Waals surface area contributed by atoms with Gasteiger partial charge in [-0.1, -0.05) is 23.7 Å². The van der Waals surface area contributed by atoms with Crippen molar-refractivity contribution in [1.29, 1.82) is 0 Å². The predicted octanol–water partition coefficient (Wildman–Crippen LogP) is 6.13. The standard InChI is InChI=1S/C30H32ClF3IN6O6P/c1-29(2,3)47-28(45)39(15-17-5-8-23(21(31)13-17)46-30(32,33)34)12-9-24(42)37-10-4-11-40-22-14-18(26(36)43)6-7-19(22)20-16-41(48-35)38-25(20)27(40)44/h5-8,13-14,16,48H,4,9-12,15H2,1-3H3,(H2,36,43)(H,37,42). The molecule has 258 valence electrons. The number of carbonyl (C=O) groups is 3. The summed E-state index contributed by atoms with van der Waals surface area (Å²) in [6, 6.07) is 8.49. The fourth-order valence-corrected chi connectivity index (χ4v) is 6.09. The van der Waals surface area contributed by atoms with E-state index in [-0.39, 0.29) is 66.5 Å². The van der Waals surface area contributed by atoms with E-state index < -0.39 is 29.7 Å². The highest BCUT2D eigenvalue weighted by molar-refractivity contribution is 14.2. The van der Waals surface area contributed by atoms with Crippen LogP contribution in [0, 0.1) is 0 Å². The number of hydrogen-bond acceptors (Lipinski definition) is 7. The molecular formula is C30H32ClF3IN6O6P. The highest BCUT2D eigenvalue weighted by Crippen LogP contribution is 2.32. The summed E-state index contributed by atoms with van der Waals surface area (Å²) in [7, 11) is 0. The van der Waals surface area contributed by atoms with E-state index >= 15 is 0 Å². The van der Waals surface area contributed by atoms with E-state index in [1.807, 2.05) is 0 Å². The fraction of sp³-hybridized carbons (Fsp3) is 0.367. The maximum absolute atomic E-state index is 13.4. The number of aryl methyl sites for hydroxylation is 1. The molecule has 0 radical (unpaired) electrons. The summed E-state index contributed by atoms with van der Waals surface area (Å²) >= 11 is 8.13. The van der Waals surface area contributed by atoms with Crippen LogP contribution in [-0.4, -0.2) is 62.0 Å². The number of nitrogens with one attached hydrogen (secondary N) is 1. The molecular weight excluding hydrogens is 791 g/mol. The first kappa shape index (κ1) is 37.2. The molecule has 0 aliphatic heterocycles. The molecule has 4 rings (SSSR count). The van der Waals surface area contributed by atoms with Crippen molar-refractivity contribution < 1.29 is 37.0 Å². The van der Waals surface area contributed by atoms with E-state index in [1.165, 1.54) is 21.6 Å². The molecule has 2 aromatic heterocycles. The number of halogens is 5. The van der Waals surface area contributed by atoms with Gasteiger partial charge in [0.2, 0.25) is 11.8 Å². The fourth-order valence-electron chi connectivity index (χ4n) is 4.79. The molecule has 18 heteroatoms. The summed E-state index contributed by atoms with van der Waals surface area (Å²) in [6.07, 6.45) is -3.37. The van der Waals surface area contributed by atoms with Gasteiger partial charge in [-0.25, -0.2) is 9.25 Å². The first-order chi connectivity index (χ1) is 22.5. The minimum Gasteiger partial charge on any atom is -0.444 e. The van der Waals surface area contributed by atoms with Crippen LogP contribution in [0.4, 0.5) is 18.0 Å². The second-order valence-electron chi connectivity index (χ2n) is 11.6. The number of nitrogens with zero attached hydrogens (tertiary/aromatic N) is 4. The van der Waals surface area contributed by atoms with Crippen molar-refractivity contribution in [2.24, 2.45) is 5.73 Å². The van der Waals surface area contributed by atoms with E-state index in [0.29, 0.717) is 22.9 Å². The Morgan fingerprint density at radius 3 is 2.48 bits per heavy atom. The highest BCUT2D eigenvalue weighted by Gasteiger charge is 2.32. The molecule has 0 aliphatic carbocycles. The molecule has 0 saturated carbocycles. The molecule has 3 N–H and O–H groups in total. The Hall–Kier alpha value is -3.63. The van der Waals surface area contributed by atoms with Gasteiger partial charge in [0.15, 0.2) is 5.52 Å². The Balaban J connectivity index is 1.42. The number of primary amides is 1. The van der Waals surface area contributed by atoms with E-state index in [2.05, 4.69) is 37.2 Å². The number of ether oxygens (including phenoxy) is 2. The lowest BCUT2D eigenvalue weighted by atomic mass is 10.1. The van der Waals surface area contributed by atoms with Crippen molar-refractivity contribution in [3.63, 3.8) is 0 Å². The molecule has 4 aromatic rings. The van der Waals surface area contributed by atoms with E-state index in [9.17, 15) is 32.3 Å². The van der Waals surface area contributed by atoms with Gasteiger partial charge in [-0.05, 0) is 79.1 Å². The van der Waals surface area contributed by atoms with Gasteiger partial charge in [0.1, 0.15) is 11.4 Å². The molecule has 0 saturated heterocycles. The number of alkyl halides is 3.